The van der Waals surface area contributed by atoms with Crippen LogP contribution < -0.4 is 0 Å². The maximum atomic E-state index is 6.80. The quantitative estimate of drug-likeness (QED) is 0.603. The molecule has 2 aliphatic heterocycles. The maximum Gasteiger partial charge on any atom is 0.0981 e. The first kappa shape index (κ1) is 15.4. The van der Waals surface area contributed by atoms with E-state index in [4.69, 9.17) is 16.3 Å². The fraction of sp³-hybridized carbons (Fsp3) is 0.611. The number of aromatic nitrogens is 2. The van der Waals surface area contributed by atoms with Crippen LogP contribution in [-0.2, 0) is 29.3 Å². The highest BCUT2D eigenvalue weighted by Gasteiger charge is 2.56. The summed E-state index contributed by atoms with van der Waals surface area (Å²) >= 11 is 8.73. The van der Waals surface area contributed by atoms with E-state index in [1.807, 2.05) is 29.3 Å². The van der Waals surface area contributed by atoms with E-state index in [0.29, 0.717) is 5.41 Å². The molecule has 5 rings (SSSR count). The van der Waals surface area contributed by atoms with E-state index in [-0.39, 0.29) is 11.1 Å². The topological polar surface area (TPSA) is 30.3 Å². The van der Waals surface area contributed by atoms with Crippen LogP contribution in [0, 0.1) is 0 Å². The highest BCUT2D eigenvalue weighted by Crippen LogP contribution is 2.59. The summed E-state index contributed by atoms with van der Waals surface area (Å²) in [6.45, 7) is 2.70. The van der Waals surface area contributed by atoms with Crippen molar-refractivity contribution in [1.82, 2.24) is 14.7 Å². The molecule has 6 heteroatoms. The molecule has 4 heterocycles. The van der Waals surface area contributed by atoms with Gasteiger partial charge in [-0.2, -0.15) is 5.10 Å². The standard InChI is InChI=1S/C18H22ClN3OS/c1-21-10-13(9-20-21)11-22-6-5-18(8-15(22)19)14-2-7-24-16(14)17(3-4-17)12-23-18/h2,7,9-10,15H,3-6,8,11-12H2,1H3. The molecule has 3 aliphatic rings. The van der Waals surface area contributed by atoms with Gasteiger partial charge in [-0.3, -0.25) is 9.58 Å². The number of thiophene rings is 1. The first-order valence-corrected chi connectivity index (χ1v) is 10.0. The maximum absolute atomic E-state index is 6.80. The summed E-state index contributed by atoms with van der Waals surface area (Å²) in [5, 5.41) is 6.50. The van der Waals surface area contributed by atoms with Gasteiger partial charge in [0.25, 0.3) is 0 Å². The lowest BCUT2D eigenvalue weighted by atomic mass is 9.79. The van der Waals surface area contributed by atoms with Crippen molar-refractivity contribution in [3.63, 3.8) is 0 Å². The number of rotatable bonds is 2. The molecule has 2 atom stereocenters. The molecule has 24 heavy (non-hydrogen) atoms. The van der Waals surface area contributed by atoms with Gasteiger partial charge in [0.2, 0.25) is 0 Å². The molecule has 4 nitrogen and oxygen atoms in total. The fourth-order valence-corrected chi connectivity index (χ4v) is 5.98. The summed E-state index contributed by atoms with van der Waals surface area (Å²) in [5.74, 6) is 0. The van der Waals surface area contributed by atoms with Gasteiger partial charge in [-0.05, 0) is 36.3 Å². The average Bonchev–Trinajstić information content (AvgIpc) is 2.95. The van der Waals surface area contributed by atoms with Gasteiger partial charge in [0.1, 0.15) is 0 Å². The monoisotopic (exact) mass is 363 g/mol. The number of likely N-dealkylation sites (tertiary alicyclic amines) is 1. The van der Waals surface area contributed by atoms with Gasteiger partial charge < -0.3 is 4.74 Å². The van der Waals surface area contributed by atoms with Crippen molar-refractivity contribution >= 4 is 22.9 Å². The molecule has 2 fully saturated rings. The predicted octanol–water partition coefficient (Wildman–Crippen LogP) is 3.60. The van der Waals surface area contributed by atoms with Crippen LogP contribution in [0.5, 0.6) is 0 Å². The number of nitrogens with zero attached hydrogens (tertiary/aromatic N) is 3. The van der Waals surface area contributed by atoms with Gasteiger partial charge in [-0.1, -0.05) is 0 Å². The average molecular weight is 364 g/mol. The predicted molar refractivity (Wildman–Crippen MR) is 95.4 cm³/mol. The van der Waals surface area contributed by atoms with E-state index < -0.39 is 0 Å². The van der Waals surface area contributed by atoms with Crippen molar-refractivity contribution in [3.8, 4) is 0 Å². The Morgan fingerprint density at radius 2 is 2.29 bits per heavy atom. The molecule has 1 saturated carbocycles. The lowest BCUT2D eigenvalue weighted by Crippen LogP contribution is -2.50. The van der Waals surface area contributed by atoms with Gasteiger partial charge in [0, 0.05) is 48.6 Å². The van der Waals surface area contributed by atoms with Crippen molar-refractivity contribution in [1.29, 1.82) is 0 Å². The molecule has 2 aromatic rings. The van der Waals surface area contributed by atoms with Gasteiger partial charge in [0.05, 0.1) is 23.9 Å². The number of fused-ring (bicyclic) bond motifs is 3. The highest BCUT2D eigenvalue weighted by atomic mass is 35.5. The lowest BCUT2D eigenvalue weighted by molar-refractivity contribution is -0.114. The third-order valence-corrected chi connectivity index (χ3v) is 7.55. The zero-order valence-electron chi connectivity index (χ0n) is 13.9. The molecule has 0 radical (unpaired) electrons. The zero-order chi connectivity index (χ0) is 16.4. The van der Waals surface area contributed by atoms with Crippen molar-refractivity contribution in [3.05, 3.63) is 39.8 Å². The fourth-order valence-electron chi connectivity index (χ4n) is 4.33. The van der Waals surface area contributed by atoms with Crippen LogP contribution in [0.2, 0.25) is 0 Å². The Hall–Kier alpha value is -0.880. The van der Waals surface area contributed by atoms with E-state index in [1.165, 1.54) is 24.0 Å². The van der Waals surface area contributed by atoms with Gasteiger partial charge in [-0.25, -0.2) is 0 Å². The lowest BCUT2D eigenvalue weighted by Gasteiger charge is -2.48. The minimum atomic E-state index is -0.166. The molecule has 1 saturated heterocycles. The number of aryl methyl sites for hydroxylation is 1. The zero-order valence-corrected chi connectivity index (χ0v) is 15.4. The number of ether oxygens (including phenoxy) is 1. The second kappa shape index (κ2) is 5.31. The van der Waals surface area contributed by atoms with Crippen LogP contribution in [-0.4, -0.2) is 33.3 Å². The minimum absolute atomic E-state index is 0.0000378. The molecule has 1 aliphatic carbocycles. The third kappa shape index (κ3) is 2.29. The molecule has 0 N–H and O–H groups in total. The van der Waals surface area contributed by atoms with Crippen LogP contribution in [0.4, 0.5) is 0 Å². The van der Waals surface area contributed by atoms with Crippen LogP contribution in [0.25, 0.3) is 0 Å². The first-order valence-electron chi connectivity index (χ1n) is 8.68. The van der Waals surface area contributed by atoms with Gasteiger partial charge >= 0.3 is 0 Å². The summed E-state index contributed by atoms with van der Waals surface area (Å²) < 4.78 is 8.37. The van der Waals surface area contributed by atoms with Gasteiger partial charge in [-0.15, -0.1) is 22.9 Å². The Morgan fingerprint density at radius 3 is 3.00 bits per heavy atom. The first-order chi connectivity index (χ1) is 11.6. The molecule has 0 aromatic carbocycles. The van der Waals surface area contributed by atoms with E-state index in [9.17, 15) is 0 Å². The van der Waals surface area contributed by atoms with Crippen molar-refractivity contribution < 1.29 is 4.74 Å². The number of piperidine rings is 1. The summed E-state index contributed by atoms with van der Waals surface area (Å²) in [6, 6.07) is 2.29. The normalized spacial score (nSPS) is 31.5. The number of alkyl halides is 1. The van der Waals surface area contributed by atoms with E-state index in [2.05, 4.69) is 27.6 Å². The van der Waals surface area contributed by atoms with E-state index in [1.54, 1.807) is 4.88 Å². The van der Waals surface area contributed by atoms with Crippen molar-refractivity contribution in [2.24, 2.45) is 7.05 Å². The number of halogens is 1. The molecular weight excluding hydrogens is 342 g/mol. The minimum Gasteiger partial charge on any atom is -0.369 e. The number of hydrogen-bond acceptors (Lipinski definition) is 4. The molecular formula is C18H22ClN3OS. The Morgan fingerprint density at radius 1 is 1.42 bits per heavy atom. The second-order valence-corrected chi connectivity index (χ2v) is 9.03. The second-order valence-electron chi connectivity index (χ2n) is 7.61. The summed E-state index contributed by atoms with van der Waals surface area (Å²) in [6.07, 6.45) is 8.46. The molecule has 2 aromatic heterocycles. The summed E-state index contributed by atoms with van der Waals surface area (Å²) in [7, 11) is 1.95. The van der Waals surface area contributed by atoms with Crippen LogP contribution in [0.1, 0.15) is 41.7 Å². The van der Waals surface area contributed by atoms with Crippen LogP contribution >= 0.6 is 22.9 Å². The van der Waals surface area contributed by atoms with Gasteiger partial charge in [0.15, 0.2) is 0 Å². The van der Waals surface area contributed by atoms with Crippen molar-refractivity contribution in [2.75, 3.05) is 13.2 Å². The van der Waals surface area contributed by atoms with Crippen molar-refractivity contribution in [2.45, 2.75) is 48.7 Å². The molecule has 128 valence electrons. The summed E-state index contributed by atoms with van der Waals surface area (Å²) in [5.41, 5.74) is 2.84. The Labute approximate surface area is 151 Å². The number of hydrogen-bond donors (Lipinski definition) is 0. The molecule has 2 spiro atoms. The molecule has 0 bridgehead atoms. The highest BCUT2D eigenvalue weighted by molar-refractivity contribution is 7.10. The smallest absolute Gasteiger partial charge is 0.0981 e. The largest absolute Gasteiger partial charge is 0.369 e. The molecule has 0 amide bonds. The van der Waals surface area contributed by atoms with E-state index >= 15 is 0 Å². The Balaban J connectivity index is 1.37. The van der Waals surface area contributed by atoms with Crippen LogP contribution in [0.3, 0.4) is 0 Å². The Bertz CT molecular complexity index is 768. The Kier molecular flexibility index (Phi) is 3.40. The SMILES string of the molecule is Cn1cc(CN2CCC3(CC2Cl)OCC2(CC2)c2sccc23)cn1. The summed E-state index contributed by atoms with van der Waals surface area (Å²) in [4.78, 5) is 3.93. The third-order valence-electron chi connectivity index (χ3n) is 5.96. The molecule has 2 unspecified atom stereocenters. The van der Waals surface area contributed by atoms with E-state index in [0.717, 1.165) is 32.5 Å². The van der Waals surface area contributed by atoms with Crippen LogP contribution in [0.15, 0.2) is 23.8 Å².